The lowest BCUT2D eigenvalue weighted by Crippen LogP contribution is -2.10. The Bertz CT molecular complexity index is 1310. The van der Waals surface area contributed by atoms with Crippen LogP contribution in [0.4, 0.5) is 0 Å². The third-order valence-corrected chi connectivity index (χ3v) is 6.23. The summed E-state index contributed by atoms with van der Waals surface area (Å²) in [6.07, 6.45) is 8.48. The number of allylic oxidation sites excluding steroid dienone is 4. The third-order valence-electron chi connectivity index (χ3n) is 6.23. The van der Waals surface area contributed by atoms with Crippen LogP contribution < -0.4 is 4.74 Å². The molecule has 0 saturated heterocycles. The van der Waals surface area contributed by atoms with E-state index in [1.165, 1.54) is 5.56 Å². The molecule has 0 spiro atoms. The predicted octanol–water partition coefficient (Wildman–Crippen LogP) is 6.32. The second kappa shape index (κ2) is 9.94. The number of rotatable bonds is 3. The van der Waals surface area contributed by atoms with Crippen molar-refractivity contribution in [1.82, 2.24) is 0 Å². The van der Waals surface area contributed by atoms with Crippen molar-refractivity contribution in [2.24, 2.45) is 0 Å². The van der Waals surface area contributed by atoms with Gasteiger partial charge in [-0.1, -0.05) is 67.1 Å². The van der Waals surface area contributed by atoms with E-state index in [0.717, 1.165) is 40.5 Å². The van der Waals surface area contributed by atoms with Gasteiger partial charge in [-0.05, 0) is 77.1 Å². The van der Waals surface area contributed by atoms with Crippen molar-refractivity contribution in [1.29, 1.82) is 0 Å². The van der Waals surface area contributed by atoms with Crippen molar-refractivity contribution in [3.63, 3.8) is 0 Å². The largest absolute Gasteiger partial charge is 0.508 e. The Labute approximate surface area is 200 Å². The van der Waals surface area contributed by atoms with E-state index in [1.807, 2.05) is 48.6 Å². The molecular weight excluding hydrogens is 424 g/mol. The second-order valence-corrected chi connectivity index (χ2v) is 8.39. The molecule has 0 radical (unpaired) electrons. The van der Waals surface area contributed by atoms with Crippen LogP contribution in [0.25, 0.3) is 16.7 Å². The first-order chi connectivity index (χ1) is 16.5. The number of esters is 1. The Morgan fingerprint density at radius 2 is 1.56 bits per heavy atom. The highest BCUT2D eigenvalue weighted by atomic mass is 16.5. The molecule has 3 aromatic rings. The molecule has 0 fully saturated rings. The van der Waals surface area contributed by atoms with E-state index < -0.39 is 0 Å². The summed E-state index contributed by atoms with van der Waals surface area (Å²) in [5.41, 5.74) is 8.42. The zero-order valence-electron chi connectivity index (χ0n) is 19.6. The molecule has 4 nitrogen and oxygen atoms in total. The van der Waals surface area contributed by atoms with Gasteiger partial charge in [0.2, 0.25) is 0 Å². The van der Waals surface area contributed by atoms with E-state index in [4.69, 9.17) is 9.84 Å². The van der Waals surface area contributed by atoms with Gasteiger partial charge >= 0.3 is 5.97 Å². The zero-order valence-corrected chi connectivity index (χ0v) is 19.6. The molecule has 4 heteroatoms. The van der Waals surface area contributed by atoms with Crippen molar-refractivity contribution in [3.8, 4) is 22.6 Å². The number of aromatic hydroxyl groups is 1. The Morgan fingerprint density at radius 3 is 2.29 bits per heavy atom. The SMILES string of the molecule is CO.Cc1ccc(C2=CCC=C(C(=O)Oc3ccc4c(c3)C(C)c3cc(O)ccc3-4)C=C2)cc1. The summed E-state index contributed by atoms with van der Waals surface area (Å²) in [6.45, 7) is 4.17. The fraction of sp³-hybridized carbons (Fsp3) is 0.167. The molecule has 2 aliphatic carbocycles. The molecule has 5 rings (SSSR count). The van der Waals surface area contributed by atoms with E-state index in [-0.39, 0.29) is 17.6 Å². The lowest BCUT2D eigenvalue weighted by Gasteiger charge is -2.09. The van der Waals surface area contributed by atoms with Crippen molar-refractivity contribution in [2.75, 3.05) is 7.11 Å². The molecule has 0 heterocycles. The maximum Gasteiger partial charge on any atom is 0.343 e. The first-order valence-electron chi connectivity index (χ1n) is 11.3. The van der Waals surface area contributed by atoms with Crippen molar-refractivity contribution >= 4 is 11.5 Å². The summed E-state index contributed by atoms with van der Waals surface area (Å²) >= 11 is 0. The number of benzene rings is 3. The number of aliphatic hydroxyl groups excluding tert-OH is 1. The summed E-state index contributed by atoms with van der Waals surface area (Å²) in [5.74, 6) is 0.563. The standard InChI is InChI=1S/C29H24O3.CH4O/c1-18-6-8-21(9-7-18)20-4-3-5-22(11-10-20)29(31)32-24-13-15-26-25-14-12-23(30)16-27(25)19(2)28(26)17-24;1-2/h4-17,19,30H,3H2,1-2H3;2H,1H3. The number of fused-ring (bicyclic) bond motifs is 3. The molecule has 34 heavy (non-hydrogen) atoms. The Kier molecular flexibility index (Phi) is 6.80. The van der Waals surface area contributed by atoms with E-state index in [9.17, 15) is 9.90 Å². The average molecular weight is 453 g/mol. The molecule has 0 saturated carbocycles. The van der Waals surface area contributed by atoms with Gasteiger partial charge in [-0.3, -0.25) is 0 Å². The highest BCUT2D eigenvalue weighted by Gasteiger charge is 2.26. The third kappa shape index (κ3) is 4.59. The molecule has 0 aliphatic heterocycles. The van der Waals surface area contributed by atoms with Crippen LogP contribution in [0.15, 0.2) is 90.5 Å². The number of ether oxygens (including phenoxy) is 1. The van der Waals surface area contributed by atoms with E-state index >= 15 is 0 Å². The average Bonchev–Trinajstić information content (AvgIpc) is 3.00. The molecule has 0 amide bonds. The van der Waals surface area contributed by atoms with Gasteiger partial charge in [-0.2, -0.15) is 0 Å². The van der Waals surface area contributed by atoms with Crippen molar-refractivity contribution < 1.29 is 19.7 Å². The number of aryl methyl sites for hydroxylation is 1. The molecular formula is C30H28O4. The number of phenolic OH excluding ortho intramolecular Hbond substituents is 1. The van der Waals surface area contributed by atoms with Gasteiger partial charge in [-0.15, -0.1) is 0 Å². The number of phenols is 1. The Morgan fingerprint density at radius 1 is 0.882 bits per heavy atom. The minimum absolute atomic E-state index is 0.129. The summed E-state index contributed by atoms with van der Waals surface area (Å²) < 4.78 is 5.73. The number of carbonyl (C=O) groups is 1. The predicted molar refractivity (Wildman–Crippen MR) is 136 cm³/mol. The molecule has 1 atom stereocenters. The molecule has 2 N–H and O–H groups in total. The maximum atomic E-state index is 12.9. The molecule has 3 aromatic carbocycles. The van der Waals surface area contributed by atoms with E-state index in [0.29, 0.717) is 17.7 Å². The van der Waals surface area contributed by atoms with Crippen LogP contribution in [-0.4, -0.2) is 23.3 Å². The lowest BCUT2D eigenvalue weighted by molar-refractivity contribution is -0.129. The zero-order chi connectivity index (χ0) is 24.2. The van der Waals surface area contributed by atoms with Crippen LogP contribution in [0.5, 0.6) is 11.5 Å². The van der Waals surface area contributed by atoms with Crippen LogP contribution >= 0.6 is 0 Å². The van der Waals surface area contributed by atoms with E-state index in [1.54, 1.807) is 6.07 Å². The molecule has 1 unspecified atom stereocenters. The van der Waals surface area contributed by atoms with Gasteiger partial charge in [0.1, 0.15) is 11.5 Å². The number of hydrogen-bond acceptors (Lipinski definition) is 4. The van der Waals surface area contributed by atoms with Crippen molar-refractivity contribution in [2.45, 2.75) is 26.2 Å². The lowest BCUT2D eigenvalue weighted by atomic mass is 9.99. The molecule has 2 aliphatic rings. The molecule has 0 aromatic heterocycles. The summed E-state index contributed by atoms with van der Waals surface area (Å²) in [6, 6.07) is 19.6. The maximum absolute atomic E-state index is 12.9. The first-order valence-corrected chi connectivity index (χ1v) is 11.3. The van der Waals surface area contributed by atoms with Gasteiger partial charge in [0, 0.05) is 13.0 Å². The minimum atomic E-state index is -0.361. The normalized spacial score (nSPS) is 15.7. The summed E-state index contributed by atoms with van der Waals surface area (Å²) in [7, 11) is 1.00. The Balaban J connectivity index is 0.00000133. The second-order valence-electron chi connectivity index (χ2n) is 8.39. The fourth-order valence-corrected chi connectivity index (χ4v) is 4.43. The minimum Gasteiger partial charge on any atom is -0.508 e. The fourth-order valence-electron chi connectivity index (χ4n) is 4.43. The number of hydrogen-bond donors (Lipinski definition) is 2. The topological polar surface area (TPSA) is 66.8 Å². The number of carbonyl (C=O) groups excluding carboxylic acids is 1. The molecule has 172 valence electrons. The quantitative estimate of drug-likeness (QED) is 0.361. The van der Waals surface area contributed by atoms with E-state index in [2.05, 4.69) is 44.2 Å². The highest BCUT2D eigenvalue weighted by Crippen LogP contribution is 2.46. The summed E-state index contributed by atoms with van der Waals surface area (Å²) in [5, 5.41) is 16.9. The van der Waals surface area contributed by atoms with Crippen molar-refractivity contribution in [3.05, 3.63) is 113 Å². The van der Waals surface area contributed by atoms with Gasteiger partial charge in [0.05, 0.1) is 5.57 Å². The van der Waals surface area contributed by atoms with Crippen LogP contribution in [0.1, 0.15) is 41.5 Å². The van der Waals surface area contributed by atoms with Crippen LogP contribution in [0.3, 0.4) is 0 Å². The Hall–Kier alpha value is -3.89. The van der Waals surface area contributed by atoms with Gasteiger partial charge < -0.3 is 14.9 Å². The van der Waals surface area contributed by atoms with Gasteiger partial charge in [0.25, 0.3) is 0 Å². The smallest absolute Gasteiger partial charge is 0.343 e. The monoisotopic (exact) mass is 452 g/mol. The molecule has 0 bridgehead atoms. The highest BCUT2D eigenvalue weighted by molar-refractivity contribution is 5.95. The van der Waals surface area contributed by atoms with Crippen LogP contribution in [0, 0.1) is 6.92 Å². The van der Waals surface area contributed by atoms with Crippen LogP contribution in [0.2, 0.25) is 0 Å². The van der Waals surface area contributed by atoms with Gasteiger partial charge in [0.15, 0.2) is 0 Å². The number of aliphatic hydroxyl groups is 1. The summed E-state index contributed by atoms with van der Waals surface area (Å²) in [4.78, 5) is 12.9. The van der Waals surface area contributed by atoms with Crippen LogP contribution in [-0.2, 0) is 4.79 Å². The first kappa shape index (κ1) is 23.3. The van der Waals surface area contributed by atoms with Gasteiger partial charge in [-0.25, -0.2) is 4.79 Å².